The van der Waals surface area contributed by atoms with Crippen molar-refractivity contribution >= 4 is 69.0 Å². The second-order valence-electron chi connectivity index (χ2n) is 3.24. The molecule has 9 heteroatoms. The van der Waals surface area contributed by atoms with Gasteiger partial charge in [0.25, 0.3) is 0 Å². The largest absolute Gasteiger partial charge is 0.369 e. The molecular weight excluding hydrogens is 339 g/mol. The first-order valence-electron chi connectivity index (χ1n) is 5.18. The molecule has 0 rings (SSSR count). The zero-order valence-corrected chi connectivity index (χ0v) is 13.9. The number of aliphatic hydroxyl groups is 1. The van der Waals surface area contributed by atoms with Crippen molar-refractivity contribution in [1.82, 2.24) is 10.2 Å². The van der Waals surface area contributed by atoms with E-state index in [9.17, 15) is 9.90 Å². The molecule has 0 aromatic heterocycles. The van der Waals surface area contributed by atoms with Crippen LogP contribution >= 0.6 is 58.8 Å². The molecule has 0 aromatic carbocycles. The average Bonchev–Trinajstić information content (AvgIpc) is 2.26. The first-order chi connectivity index (χ1) is 8.22. The van der Waals surface area contributed by atoms with Crippen molar-refractivity contribution in [3.05, 3.63) is 0 Å². The van der Waals surface area contributed by atoms with Crippen LogP contribution in [0.3, 0.4) is 0 Å². The van der Waals surface area contributed by atoms with Gasteiger partial charge in [-0.2, -0.15) is 0 Å². The van der Waals surface area contributed by atoms with Gasteiger partial charge in [-0.15, -0.1) is 0 Å². The van der Waals surface area contributed by atoms with Gasteiger partial charge in [0.05, 0.1) is 5.75 Å². The van der Waals surface area contributed by atoms with Gasteiger partial charge in [0, 0.05) is 13.1 Å². The van der Waals surface area contributed by atoms with Crippen molar-refractivity contribution in [1.29, 1.82) is 0 Å². The number of halogens is 3. The number of hydrogen-bond acceptors (Lipinski definition) is 4. The molecule has 1 amide bonds. The number of hydrogen-bond donors (Lipinski definition) is 2. The Labute approximate surface area is 131 Å². The maximum Gasteiger partial charge on any atom is 0.234 e. The van der Waals surface area contributed by atoms with Crippen LogP contribution in [0.1, 0.15) is 13.8 Å². The predicted molar refractivity (Wildman–Crippen MR) is 82.4 cm³/mol. The average molecular weight is 354 g/mol. The molecule has 0 aliphatic rings. The zero-order chi connectivity index (χ0) is 14.3. The highest BCUT2D eigenvalue weighted by atomic mass is 35.6. The number of thiocarbonyl (C=S) groups is 1. The molecule has 0 unspecified atom stereocenters. The van der Waals surface area contributed by atoms with Gasteiger partial charge in [0.2, 0.25) is 9.70 Å². The van der Waals surface area contributed by atoms with Crippen LogP contribution in [-0.4, -0.2) is 49.1 Å². The molecule has 0 saturated carbocycles. The van der Waals surface area contributed by atoms with Crippen LogP contribution in [0.25, 0.3) is 0 Å². The molecule has 106 valence electrons. The molecule has 0 heterocycles. The van der Waals surface area contributed by atoms with Crippen molar-refractivity contribution < 1.29 is 9.90 Å². The number of alkyl halides is 3. The van der Waals surface area contributed by atoms with E-state index in [1.54, 1.807) is 0 Å². The number of rotatable bonds is 5. The van der Waals surface area contributed by atoms with Crippen molar-refractivity contribution in [2.75, 3.05) is 18.8 Å². The number of aliphatic hydroxyl groups excluding tert-OH is 1. The SMILES string of the molecule is CCN(CC)C(=S)SCC(=O)N[C@@H](O)C(Cl)(Cl)Cl. The van der Waals surface area contributed by atoms with Gasteiger partial charge in [-0.1, -0.05) is 58.8 Å². The topological polar surface area (TPSA) is 52.6 Å². The van der Waals surface area contributed by atoms with Crippen LogP contribution in [0.2, 0.25) is 0 Å². The fourth-order valence-electron chi connectivity index (χ4n) is 0.976. The third-order valence-electron chi connectivity index (χ3n) is 1.96. The van der Waals surface area contributed by atoms with Gasteiger partial charge in [0.1, 0.15) is 4.32 Å². The van der Waals surface area contributed by atoms with Crippen molar-refractivity contribution in [2.45, 2.75) is 23.9 Å². The summed E-state index contributed by atoms with van der Waals surface area (Å²) >= 11 is 22.6. The molecule has 0 bridgehead atoms. The minimum Gasteiger partial charge on any atom is -0.369 e. The van der Waals surface area contributed by atoms with E-state index >= 15 is 0 Å². The first kappa shape index (κ1) is 18.5. The zero-order valence-electron chi connectivity index (χ0n) is 9.95. The molecule has 1 atom stereocenters. The summed E-state index contributed by atoms with van der Waals surface area (Å²) in [6, 6.07) is 0. The number of thioether (sulfide) groups is 1. The van der Waals surface area contributed by atoms with Crippen LogP contribution in [-0.2, 0) is 4.79 Å². The highest BCUT2D eigenvalue weighted by molar-refractivity contribution is 8.23. The van der Waals surface area contributed by atoms with Crippen molar-refractivity contribution in [3.63, 3.8) is 0 Å². The van der Waals surface area contributed by atoms with E-state index < -0.39 is 15.9 Å². The fraction of sp³-hybridized carbons (Fsp3) is 0.778. The summed E-state index contributed by atoms with van der Waals surface area (Å²) in [5, 5.41) is 11.5. The Morgan fingerprint density at radius 1 is 1.44 bits per heavy atom. The maximum atomic E-state index is 11.5. The lowest BCUT2D eigenvalue weighted by Gasteiger charge is -2.22. The fourth-order valence-corrected chi connectivity index (χ4v) is 2.35. The second kappa shape index (κ2) is 8.66. The van der Waals surface area contributed by atoms with Crippen LogP contribution in [0.5, 0.6) is 0 Å². The smallest absolute Gasteiger partial charge is 0.234 e. The number of carbonyl (C=O) groups excluding carboxylic acids is 1. The summed E-state index contributed by atoms with van der Waals surface area (Å²) in [6.07, 6.45) is -1.54. The Morgan fingerprint density at radius 2 is 1.94 bits per heavy atom. The Kier molecular flexibility index (Phi) is 8.92. The second-order valence-corrected chi connectivity index (χ2v) is 7.22. The van der Waals surface area contributed by atoms with E-state index in [2.05, 4.69) is 5.32 Å². The Balaban J connectivity index is 4.08. The highest BCUT2D eigenvalue weighted by Crippen LogP contribution is 2.28. The van der Waals surface area contributed by atoms with E-state index in [1.165, 1.54) is 11.8 Å². The van der Waals surface area contributed by atoms with E-state index in [0.29, 0.717) is 4.32 Å². The summed E-state index contributed by atoms with van der Waals surface area (Å²) in [5.41, 5.74) is 0. The monoisotopic (exact) mass is 352 g/mol. The lowest BCUT2D eigenvalue weighted by atomic mass is 10.6. The van der Waals surface area contributed by atoms with Crippen molar-refractivity contribution in [2.24, 2.45) is 0 Å². The summed E-state index contributed by atoms with van der Waals surface area (Å²) in [7, 11) is 0. The van der Waals surface area contributed by atoms with Gasteiger partial charge in [0.15, 0.2) is 6.23 Å². The van der Waals surface area contributed by atoms with E-state index in [1.807, 2.05) is 18.7 Å². The van der Waals surface area contributed by atoms with Crippen LogP contribution in [0.15, 0.2) is 0 Å². The standard InChI is InChI=1S/C9H15Cl3N2O2S2/c1-3-14(4-2)8(17)18-5-6(15)13-7(16)9(10,11)12/h7,16H,3-5H2,1-2H3,(H,13,15)/t7-/m0/s1. The molecular formula is C9H15Cl3N2O2S2. The minimum atomic E-state index is -1.94. The summed E-state index contributed by atoms with van der Waals surface area (Å²) < 4.78 is -1.32. The Hall–Kier alpha value is 0.540. The van der Waals surface area contributed by atoms with Crippen LogP contribution < -0.4 is 5.32 Å². The quantitative estimate of drug-likeness (QED) is 0.450. The Morgan fingerprint density at radius 3 is 2.33 bits per heavy atom. The number of nitrogens with one attached hydrogen (secondary N) is 1. The van der Waals surface area contributed by atoms with E-state index in [4.69, 9.17) is 47.0 Å². The van der Waals surface area contributed by atoms with Gasteiger partial charge in [-0.05, 0) is 13.8 Å². The lowest BCUT2D eigenvalue weighted by Crippen LogP contribution is -2.44. The van der Waals surface area contributed by atoms with E-state index in [-0.39, 0.29) is 5.75 Å². The van der Waals surface area contributed by atoms with Gasteiger partial charge in [-0.3, -0.25) is 4.79 Å². The van der Waals surface area contributed by atoms with E-state index in [0.717, 1.165) is 13.1 Å². The van der Waals surface area contributed by atoms with Gasteiger partial charge >= 0.3 is 0 Å². The number of carbonyl (C=O) groups is 1. The van der Waals surface area contributed by atoms with Crippen LogP contribution in [0, 0.1) is 0 Å². The summed E-state index contributed by atoms with van der Waals surface area (Å²) in [4.78, 5) is 13.4. The molecule has 18 heavy (non-hydrogen) atoms. The lowest BCUT2D eigenvalue weighted by molar-refractivity contribution is -0.121. The molecule has 0 aliphatic carbocycles. The molecule has 4 nitrogen and oxygen atoms in total. The Bertz CT molecular complexity index is 296. The third kappa shape index (κ3) is 7.21. The first-order valence-corrected chi connectivity index (χ1v) is 7.71. The molecule has 0 aromatic rings. The van der Waals surface area contributed by atoms with Gasteiger partial charge < -0.3 is 15.3 Å². The molecule has 0 radical (unpaired) electrons. The summed E-state index contributed by atoms with van der Waals surface area (Å²) in [6.45, 7) is 5.51. The molecule has 0 saturated heterocycles. The number of amides is 1. The maximum absolute atomic E-state index is 11.5. The molecule has 0 aliphatic heterocycles. The number of nitrogens with zero attached hydrogens (tertiary/aromatic N) is 1. The predicted octanol–water partition coefficient (Wildman–Crippen LogP) is 2.15. The normalized spacial score (nSPS) is 13.0. The highest BCUT2D eigenvalue weighted by Gasteiger charge is 2.32. The van der Waals surface area contributed by atoms with Crippen LogP contribution in [0.4, 0.5) is 0 Å². The molecule has 2 N–H and O–H groups in total. The van der Waals surface area contributed by atoms with Gasteiger partial charge in [-0.25, -0.2) is 0 Å². The van der Waals surface area contributed by atoms with Crippen molar-refractivity contribution in [3.8, 4) is 0 Å². The molecule has 0 fully saturated rings. The summed E-state index contributed by atoms with van der Waals surface area (Å²) in [5.74, 6) is -0.388. The third-order valence-corrected chi connectivity index (χ3v) is 4.10. The minimum absolute atomic E-state index is 0.0626. The molecule has 0 spiro atoms.